The number of piperidine rings is 1. The molecule has 104 valence electrons. The SMILES string of the molecule is COc1ccc(OC)c(C(=O)N2CCC(O)CC2)c1. The second kappa shape index (κ2) is 5.93. The third kappa shape index (κ3) is 2.98. The molecule has 1 heterocycles. The van der Waals surface area contributed by atoms with Gasteiger partial charge in [-0.2, -0.15) is 0 Å². The lowest BCUT2D eigenvalue weighted by Crippen LogP contribution is -2.40. The first-order chi connectivity index (χ1) is 9.15. The topological polar surface area (TPSA) is 59.0 Å². The molecule has 1 aliphatic rings. The maximum absolute atomic E-state index is 12.5. The van der Waals surface area contributed by atoms with E-state index in [1.807, 2.05) is 0 Å². The number of aliphatic hydroxyl groups excluding tert-OH is 1. The van der Waals surface area contributed by atoms with E-state index >= 15 is 0 Å². The van der Waals surface area contributed by atoms with Gasteiger partial charge in [-0.3, -0.25) is 4.79 Å². The van der Waals surface area contributed by atoms with E-state index in [1.54, 1.807) is 37.3 Å². The highest BCUT2D eigenvalue weighted by atomic mass is 16.5. The summed E-state index contributed by atoms with van der Waals surface area (Å²) in [5.41, 5.74) is 0.498. The number of carbonyl (C=O) groups excluding carboxylic acids is 1. The predicted octanol–water partition coefficient (Wildman–Crippen LogP) is 1.30. The van der Waals surface area contributed by atoms with Gasteiger partial charge in [0.05, 0.1) is 25.9 Å². The number of aliphatic hydroxyl groups is 1. The molecule has 1 saturated heterocycles. The standard InChI is InChI=1S/C14H19NO4/c1-18-11-3-4-13(19-2)12(9-11)14(17)15-7-5-10(16)6-8-15/h3-4,9-10,16H,5-8H2,1-2H3. The van der Waals surface area contributed by atoms with Crippen LogP contribution in [0.3, 0.4) is 0 Å². The molecular formula is C14H19NO4. The molecule has 0 atom stereocenters. The maximum Gasteiger partial charge on any atom is 0.257 e. The molecule has 2 rings (SSSR count). The fraction of sp³-hybridized carbons (Fsp3) is 0.500. The molecule has 5 heteroatoms. The summed E-state index contributed by atoms with van der Waals surface area (Å²) in [7, 11) is 3.10. The van der Waals surface area contributed by atoms with Gasteiger partial charge in [0, 0.05) is 13.1 Å². The Hall–Kier alpha value is -1.75. The molecule has 1 aliphatic heterocycles. The van der Waals surface area contributed by atoms with Crippen LogP contribution in [0.2, 0.25) is 0 Å². The summed E-state index contributed by atoms with van der Waals surface area (Å²) < 4.78 is 10.4. The Kier molecular flexibility index (Phi) is 4.27. The summed E-state index contributed by atoms with van der Waals surface area (Å²) in [5, 5.41) is 9.48. The van der Waals surface area contributed by atoms with Crippen molar-refractivity contribution in [3.8, 4) is 11.5 Å². The van der Waals surface area contributed by atoms with Gasteiger partial charge in [-0.1, -0.05) is 0 Å². The Bertz CT molecular complexity index is 453. The summed E-state index contributed by atoms with van der Waals surface area (Å²) in [6, 6.07) is 5.17. The first-order valence-corrected chi connectivity index (χ1v) is 6.35. The van der Waals surface area contributed by atoms with Crippen LogP contribution in [0, 0.1) is 0 Å². The van der Waals surface area contributed by atoms with Gasteiger partial charge in [0.2, 0.25) is 0 Å². The Morgan fingerprint density at radius 1 is 1.26 bits per heavy atom. The average molecular weight is 265 g/mol. The van der Waals surface area contributed by atoms with Crippen LogP contribution in [0.25, 0.3) is 0 Å². The second-order valence-corrected chi connectivity index (χ2v) is 4.59. The van der Waals surface area contributed by atoms with Gasteiger partial charge in [0.1, 0.15) is 11.5 Å². The van der Waals surface area contributed by atoms with E-state index in [9.17, 15) is 9.90 Å². The van der Waals surface area contributed by atoms with Gasteiger partial charge in [0.25, 0.3) is 5.91 Å². The van der Waals surface area contributed by atoms with Crippen molar-refractivity contribution in [2.75, 3.05) is 27.3 Å². The summed E-state index contributed by atoms with van der Waals surface area (Å²) in [6.07, 6.45) is 0.951. The third-order valence-electron chi connectivity index (χ3n) is 3.39. The quantitative estimate of drug-likeness (QED) is 0.895. The van der Waals surface area contributed by atoms with E-state index in [0.717, 1.165) is 0 Å². The van der Waals surface area contributed by atoms with Gasteiger partial charge in [-0.25, -0.2) is 0 Å². The normalized spacial score (nSPS) is 16.3. The molecule has 0 unspecified atom stereocenters. The molecule has 0 bridgehead atoms. The number of likely N-dealkylation sites (tertiary alicyclic amines) is 1. The molecule has 19 heavy (non-hydrogen) atoms. The van der Waals surface area contributed by atoms with Crippen LogP contribution in [-0.2, 0) is 0 Å². The Labute approximate surface area is 112 Å². The van der Waals surface area contributed by atoms with Crippen LogP contribution in [0.5, 0.6) is 11.5 Å². The molecule has 1 aromatic rings. The van der Waals surface area contributed by atoms with Gasteiger partial charge >= 0.3 is 0 Å². The molecule has 1 amide bonds. The minimum absolute atomic E-state index is 0.0809. The van der Waals surface area contributed by atoms with Crippen LogP contribution in [-0.4, -0.2) is 49.3 Å². The highest BCUT2D eigenvalue weighted by Crippen LogP contribution is 2.26. The van der Waals surface area contributed by atoms with E-state index in [4.69, 9.17) is 9.47 Å². The van der Waals surface area contributed by atoms with E-state index in [-0.39, 0.29) is 12.0 Å². The lowest BCUT2D eigenvalue weighted by molar-refractivity contribution is 0.0543. The molecule has 0 saturated carbocycles. The monoisotopic (exact) mass is 265 g/mol. The largest absolute Gasteiger partial charge is 0.497 e. The van der Waals surface area contributed by atoms with Crippen molar-refractivity contribution >= 4 is 5.91 Å². The van der Waals surface area contributed by atoms with E-state index < -0.39 is 0 Å². The van der Waals surface area contributed by atoms with E-state index in [2.05, 4.69) is 0 Å². The van der Waals surface area contributed by atoms with Crippen molar-refractivity contribution < 1.29 is 19.4 Å². The zero-order chi connectivity index (χ0) is 13.8. The van der Waals surface area contributed by atoms with Crippen molar-refractivity contribution in [2.24, 2.45) is 0 Å². The number of hydrogen-bond donors (Lipinski definition) is 1. The van der Waals surface area contributed by atoms with Crippen LogP contribution < -0.4 is 9.47 Å². The average Bonchev–Trinajstić information content (AvgIpc) is 2.46. The molecule has 1 N–H and O–H groups in total. The van der Waals surface area contributed by atoms with Gasteiger partial charge < -0.3 is 19.5 Å². The number of amides is 1. The summed E-state index contributed by atoms with van der Waals surface area (Å²) >= 11 is 0. The smallest absolute Gasteiger partial charge is 0.257 e. The predicted molar refractivity (Wildman–Crippen MR) is 70.7 cm³/mol. The zero-order valence-corrected chi connectivity index (χ0v) is 11.3. The molecule has 1 aromatic carbocycles. The van der Waals surface area contributed by atoms with Crippen LogP contribution >= 0.6 is 0 Å². The Balaban J connectivity index is 2.22. The van der Waals surface area contributed by atoms with Crippen molar-refractivity contribution in [1.82, 2.24) is 4.90 Å². The van der Waals surface area contributed by atoms with Crippen molar-refractivity contribution in [3.05, 3.63) is 23.8 Å². The fourth-order valence-electron chi connectivity index (χ4n) is 2.22. The lowest BCUT2D eigenvalue weighted by atomic mass is 10.1. The lowest BCUT2D eigenvalue weighted by Gasteiger charge is -2.30. The third-order valence-corrected chi connectivity index (χ3v) is 3.39. The maximum atomic E-state index is 12.5. The number of rotatable bonds is 3. The summed E-state index contributed by atoms with van der Waals surface area (Å²) in [5.74, 6) is 1.08. The molecule has 0 aliphatic carbocycles. The Morgan fingerprint density at radius 3 is 2.53 bits per heavy atom. The molecule has 0 aromatic heterocycles. The van der Waals surface area contributed by atoms with Crippen LogP contribution in [0.15, 0.2) is 18.2 Å². The second-order valence-electron chi connectivity index (χ2n) is 4.59. The zero-order valence-electron chi connectivity index (χ0n) is 11.3. The number of carbonyl (C=O) groups is 1. The number of methoxy groups -OCH3 is 2. The Morgan fingerprint density at radius 2 is 1.95 bits per heavy atom. The summed E-state index contributed by atoms with van der Waals surface area (Å²) in [4.78, 5) is 14.2. The number of ether oxygens (including phenoxy) is 2. The van der Waals surface area contributed by atoms with Crippen molar-refractivity contribution in [3.63, 3.8) is 0 Å². The number of benzene rings is 1. The number of nitrogens with zero attached hydrogens (tertiary/aromatic N) is 1. The minimum Gasteiger partial charge on any atom is -0.497 e. The highest BCUT2D eigenvalue weighted by molar-refractivity contribution is 5.97. The van der Waals surface area contributed by atoms with Crippen molar-refractivity contribution in [1.29, 1.82) is 0 Å². The molecule has 5 nitrogen and oxygen atoms in total. The van der Waals surface area contributed by atoms with Crippen LogP contribution in [0.1, 0.15) is 23.2 Å². The molecule has 0 radical (unpaired) electrons. The van der Waals surface area contributed by atoms with E-state index in [0.29, 0.717) is 43.0 Å². The fourth-order valence-corrected chi connectivity index (χ4v) is 2.22. The first kappa shape index (κ1) is 13.7. The van der Waals surface area contributed by atoms with E-state index in [1.165, 1.54) is 0 Å². The highest BCUT2D eigenvalue weighted by Gasteiger charge is 2.24. The van der Waals surface area contributed by atoms with Crippen LogP contribution in [0.4, 0.5) is 0 Å². The van der Waals surface area contributed by atoms with Gasteiger partial charge in [-0.05, 0) is 31.0 Å². The number of hydrogen-bond acceptors (Lipinski definition) is 4. The first-order valence-electron chi connectivity index (χ1n) is 6.35. The molecular weight excluding hydrogens is 246 g/mol. The minimum atomic E-state index is -0.295. The van der Waals surface area contributed by atoms with Gasteiger partial charge in [-0.15, -0.1) is 0 Å². The van der Waals surface area contributed by atoms with Crippen molar-refractivity contribution in [2.45, 2.75) is 18.9 Å². The van der Waals surface area contributed by atoms with Gasteiger partial charge in [0.15, 0.2) is 0 Å². The molecule has 0 spiro atoms. The summed E-state index contributed by atoms with van der Waals surface area (Å²) in [6.45, 7) is 1.14. The molecule has 1 fully saturated rings.